The molecule has 1 aliphatic rings. The molecule has 0 atom stereocenters. The largest absolute Gasteiger partial charge is 0.399 e. The van der Waals surface area contributed by atoms with E-state index in [1.165, 1.54) is 36.8 Å². The molecular weight excluding hydrogens is 244 g/mol. The van der Waals surface area contributed by atoms with Crippen LogP contribution in [0.25, 0.3) is 0 Å². The van der Waals surface area contributed by atoms with E-state index >= 15 is 0 Å². The molecule has 0 heterocycles. The fraction of sp³-hybridized carbons (Fsp3) is 0.333. The van der Waals surface area contributed by atoms with Crippen LogP contribution in [-0.2, 0) is 11.8 Å². The van der Waals surface area contributed by atoms with Crippen molar-refractivity contribution in [1.82, 2.24) is 0 Å². The van der Waals surface area contributed by atoms with E-state index in [0.29, 0.717) is 0 Å². The molecule has 2 aromatic rings. The number of anilines is 2. The van der Waals surface area contributed by atoms with Crippen LogP contribution in [0.4, 0.5) is 11.4 Å². The maximum absolute atomic E-state index is 6.26. The monoisotopic (exact) mass is 266 g/mol. The predicted molar refractivity (Wildman–Crippen MR) is 85.6 cm³/mol. The third-order valence-corrected chi connectivity index (χ3v) is 4.59. The number of nitrogen functional groups attached to an aromatic ring is 2. The second-order valence-electron chi connectivity index (χ2n) is 6.00. The Balaban J connectivity index is 1.99. The lowest BCUT2D eigenvalue weighted by molar-refractivity contribution is 0.439. The SMILES string of the molecule is Nc1ccc(C2(Cc3ccccc3)CCCC2)c(N)c1. The van der Waals surface area contributed by atoms with Crippen molar-refractivity contribution in [2.75, 3.05) is 11.5 Å². The standard InChI is InChI=1S/C18H22N2/c19-15-8-9-16(17(20)12-15)18(10-4-5-11-18)13-14-6-2-1-3-7-14/h1-3,6-9,12H,4-5,10-11,13,19-20H2. The van der Waals surface area contributed by atoms with E-state index in [2.05, 4.69) is 36.4 Å². The molecule has 0 spiro atoms. The highest BCUT2D eigenvalue weighted by atomic mass is 14.6. The van der Waals surface area contributed by atoms with Crippen molar-refractivity contribution in [2.45, 2.75) is 37.5 Å². The highest BCUT2D eigenvalue weighted by molar-refractivity contribution is 5.59. The van der Waals surface area contributed by atoms with E-state index in [9.17, 15) is 0 Å². The third-order valence-electron chi connectivity index (χ3n) is 4.59. The normalized spacial score (nSPS) is 17.2. The molecule has 0 aromatic heterocycles. The van der Waals surface area contributed by atoms with Crippen LogP contribution in [0.2, 0.25) is 0 Å². The summed E-state index contributed by atoms with van der Waals surface area (Å²) in [5.74, 6) is 0. The van der Waals surface area contributed by atoms with E-state index in [1.54, 1.807) is 0 Å². The Labute approximate surface area is 120 Å². The van der Waals surface area contributed by atoms with Crippen LogP contribution in [0.1, 0.15) is 36.8 Å². The fourth-order valence-electron chi connectivity index (χ4n) is 3.64. The van der Waals surface area contributed by atoms with Crippen molar-refractivity contribution in [3.05, 3.63) is 59.7 Å². The minimum absolute atomic E-state index is 0.194. The van der Waals surface area contributed by atoms with Crippen LogP contribution in [0.15, 0.2) is 48.5 Å². The predicted octanol–water partition coefficient (Wildman–Crippen LogP) is 3.91. The molecule has 20 heavy (non-hydrogen) atoms. The van der Waals surface area contributed by atoms with Crippen molar-refractivity contribution in [3.63, 3.8) is 0 Å². The first-order valence-electron chi connectivity index (χ1n) is 7.39. The molecule has 4 N–H and O–H groups in total. The molecule has 0 unspecified atom stereocenters. The molecule has 0 radical (unpaired) electrons. The van der Waals surface area contributed by atoms with E-state index in [1.807, 2.05) is 12.1 Å². The van der Waals surface area contributed by atoms with Crippen LogP contribution >= 0.6 is 0 Å². The number of benzene rings is 2. The average Bonchev–Trinajstić information content (AvgIpc) is 2.89. The molecule has 2 aromatic carbocycles. The maximum atomic E-state index is 6.26. The summed E-state index contributed by atoms with van der Waals surface area (Å²) in [6.07, 6.45) is 6.08. The van der Waals surface area contributed by atoms with Gasteiger partial charge < -0.3 is 11.5 Å². The van der Waals surface area contributed by atoms with Crippen LogP contribution in [-0.4, -0.2) is 0 Å². The molecule has 0 bridgehead atoms. The van der Waals surface area contributed by atoms with Gasteiger partial charge in [-0.05, 0) is 42.5 Å². The van der Waals surface area contributed by atoms with E-state index in [-0.39, 0.29) is 5.41 Å². The zero-order valence-electron chi connectivity index (χ0n) is 11.8. The van der Waals surface area contributed by atoms with Gasteiger partial charge in [0.25, 0.3) is 0 Å². The van der Waals surface area contributed by atoms with E-state index in [0.717, 1.165) is 17.8 Å². The summed E-state index contributed by atoms with van der Waals surface area (Å²) in [5, 5.41) is 0. The van der Waals surface area contributed by atoms with Crippen LogP contribution in [0.3, 0.4) is 0 Å². The van der Waals surface area contributed by atoms with Gasteiger partial charge in [-0.1, -0.05) is 49.2 Å². The number of hydrogen-bond donors (Lipinski definition) is 2. The molecule has 1 fully saturated rings. The Hall–Kier alpha value is -1.96. The summed E-state index contributed by atoms with van der Waals surface area (Å²) in [5.41, 5.74) is 16.6. The fourth-order valence-corrected chi connectivity index (χ4v) is 3.64. The molecule has 3 rings (SSSR count). The van der Waals surface area contributed by atoms with Gasteiger partial charge in [-0.15, -0.1) is 0 Å². The van der Waals surface area contributed by atoms with Gasteiger partial charge in [-0.25, -0.2) is 0 Å². The molecule has 0 aliphatic heterocycles. The molecular formula is C18H22N2. The first kappa shape index (κ1) is 13.0. The Kier molecular flexibility index (Phi) is 3.39. The first-order chi connectivity index (χ1) is 9.70. The minimum atomic E-state index is 0.194. The molecule has 1 saturated carbocycles. The summed E-state index contributed by atoms with van der Waals surface area (Å²) in [6, 6.07) is 16.8. The Morgan fingerprint density at radius 3 is 2.25 bits per heavy atom. The van der Waals surface area contributed by atoms with Gasteiger partial charge in [0.15, 0.2) is 0 Å². The average molecular weight is 266 g/mol. The topological polar surface area (TPSA) is 52.0 Å². The van der Waals surface area contributed by atoms with Gasteiger partial charge in [0.05, 0.1) is 0 Å². The van der Waals surface area contributed by atoms with Gasteiger partial charge in [-0.2, -0.15) is 0 Å². The van der Waals surface area contributed by atoms with Crippen molar-refractivity contribution in [2.24, 2.45) is 0 Å². The maximum Gasteiger partial charge on any atom is 0.0373 e. The lowest BCUT2D eigenvalue weighted by Gasteiger charge is -2.31. The number of rotatable bonds is 3. The van der Waals surface area contributed by atoms with Crippen molar-refractivity contribution in [3.8, 4) is 0 Å². The zero-order chi connectivity index (χ0) is 14.0. The van der Waals surface area contributed by atoms with Gasteiger partial charge in [0.1, 0.15) is 0 Å². The number of nitrogens with two attached hydrogens (primary N) is 2. The summed E-state index contributed by atoms with van der Waals surface area (Å²) in [6.45, 7) is 0. The highest BCUT2D eigenvalue weighted by Gasteiger charge is 2.36. The molecule has 0 amide bonds. The second kappa shape index (κ2) is 5.20. The van der Waals surface area contributed by atoms with Crippen molar-refractivity contribution < 1.29 is 0 Å². The molecule has 104 valence electrons. The summed E-state index contributed by atoms with van der Waals surface area (Å²) in [7, 11) is 0. The van der Waals surface area contributed by atoms with Gasteiger partial charge in [0.2, 0.25) is 0 Å². The summed E-state index contributed by atoms with van der Waals surface area (Å²) in [4.78, 5) is 0. The molecule has 2 nitrogen and oxygen atoms in total. The van der Waals surface area contributed by atoms with Crippen LogP contribution < -0.4 is 11.5 Å². The Morgan fingerprint density at radius 2 is 1.60 bits per heavy atom. The molecule has 2 heteroatoms. The smallest absolute Gasteiger partial charge is 0.0373 e. The quantitative estimate of drug-likeness (QED) is 0.828. The Bertz CT molecular complexity index is 584. The summed E-state index contributed by atoms with van der Waals surface area (Å²) >= 11 is 0. The van der Waals surface area contributed by atoms with Gasteiger partial charge in [-0.3, -0.25) is 0 Å². The molecule has 1 aliphatic carbocycles. The summed E-state index contributed by atoms with van der Waals surface area (Å²) < 4.78 is 0. The van der Waals surface area contributed by atoms with Crippen LogP contribution in [0.5, 0.6) is 0 Å². The van der Waals surface area contributed by atoms with Crippen molar-refractivity contribution in [1.29, 1.82) is 0 Å². The van der Waals surface area contributed by atoms with Crippen LogP contribution in [0, 0.1) is 0 Å². The lowest BCUT2D eigenvalue weighted by Crippen LogP contribution is -2.26. The highest BCUT2D eigenvalue weighted by Crippen LogP contribution is 2.46. The molecule has 0 saturated heterocycles. The van der Waals surface area contributed by atoms with E-state index < -0.39 is 0 Å². The lowest BCUT2D eigenvalue weighted by atomic mass is 9.73. The number of hydrogen-bond acceptors (Lipinski definition) is 2. The van der Waals surface area contributed by atoms with Crippen molar-refractivity contribution >= 4 is 11.4 Å². The zero-order valence-corrected chi connectivity index (χ0v) is 11.8. The van der Waals surface area contributed by atoms with E-state index in [4.69, 9.17) is 11.5 Å². The van der Waals surface area contributed by atoms with Gasteiger partial charge in [0, 0.05) is 16.8 Å². The van der Waals surface area contributed by atoms with Gasteiger partial charge >= 0.3 is 0 Å². The first-order valence-corrected chi connectivity index (χ1v) is 7.39. The second-order valence-corrected chi connectivity index (χ2v) is 6.00. The third kappa shape index (κ3) is 2.38. The Morgan fingerprint density at radius 1 is 0.900 bits per heavy atom. The minimum Gasteiger partial charge on any atom is -0.399 e.